The van der Waals surface area contributed by atoms with Crippen LogP contribution in [-0.4, -0.2) is 21.7 Å². The molecule has 0 amide bonds. The van der Waals surface area contributed by atoms with E-state index in [4.69, 9.17) is 4.42 Å². The van der Waals surface area contributed by atoms with Gasteiger partial charge in [-0.05, 0) is 42.4 Å². The standard InChI is InChI=1S/C14H20BrN3O/c1-5-12-14(15)13(18(4)16-12)9-17(3)8-11-6-7-19-10(11)2/h6-7H,5,8-9H2,1-4H3. The van der Waals surface area contributed by atoms with Crippen molar-refractivity contribution in [2.75, 3.05) is 7.05 Å². The minimum Gasteiger partial charge on any atom is -0.469 e. The van der Waals surface area contributed by atoms with Crippen LogP contribution in [0.1, 0.15) is 29.6 Å². The Hall–Kier alpha value is -1.07. The van der Waals surface area contributed by atoms with Gasteiger partial charge < -0.3 is 4.42 Å². The third-order valence-corrected chi connectivity index (χ3v) is 4.24. The topological polar surface area (TPSA) is 34.2 Å². The predicted octanol–water partition coefficient (Wildman–Crippen LogP) is 3.28. The van der Waals surface area contributed by atoms with E-state index >= 15 is 0 Å². The lowest BCUT2D eigenvalue weighted by Crippen LogP contribution is -2.19. The van der Waals surface area contributed by atoms with Gasteiger partial charge in [-0.2, -0.15) is 5.10 Å². The number of hydrogen-bond donors (Lipinski definition) is 0. The van der Waals surface area contributed by atoms with Crippen molar-refractivity contribution in [2.24, 2.45) is 7.05 Å². The smallest absolute Gasteiger partial charge is 0.105 e. The number of rotatable bonds is 5. The highest BCUT2D eigenvalue weighted by molar-refractivity contribution is 9.10. The molecule has 0 aliphatic heterocycles. The second-order valence-electron chi connectivity index (χ2n) is 4.86. The highest BCUT2D eigenvalue weighted by Crippen LogP contribution is 2.23. The summed E-state index contributed by atoms with van der Waals surface area (Å²) < 4.78 is 8.42. The number of aromatic nitrogens is 2. The summed E-state index contributed by atoms with van der Waals surface area (Å²) in [4.78, 5) is 2.26. The average Bonchev–Trinajstić information content (AvgIpc) is 2.88. The van der Waals surface area contributed by atoms with Gasteiger partial charge >= 0.3 is 0 Å². The maximum atomic E-state index is 5.33. The number of nitrogens with zero attached hydrogens (tertiary/aromatic N) is 3. The van der Waals surface area contributed by atoms with Crippen molar-refractivity contribution in [3.05, 3.63) is 39.5 Å². The van der Waals surface area contributed by atoms with Gasteiger partial charge in [0.1, 0.15) is 5.76 Å². The molecule has 2 aromatic heterocycles. The Balaban J connectivity index is 2.09. The molecule has 0 atom stereocenters. The number of furan rings is 1. The molecule has 5 heteroatoms. The molecule has 104 valence electrons. The van der Waals surface area contributed by atoms with E-state index in [0.717, 1.165) is 35.4 Å². The average molecular weight is 326 g/mol. The van der Waals surface area contributed by atoms with Crippen LogP contribution in [0, 0.1) is 6.92 Å². The van der Waals surface area contributed by atoms with Crippen LogP contribution in [0.5, 0.6) is 0 Å². The molecule has 0 aliphatic rings. The summed E-state index contributed by atoms with van der Waals surface area (Å²) in [7, 11) is 4.10. The van der Waals surface area contributed by atoms with E-state index in [1.165, 1.54) is 11.3 Å². The number of halogens is 1. The maximum Gasteiger partial charge on any atom is 0.105 e. The van der Waals surface area contributed by atoms with Crippen LogP contribution < -0.4 is 0 Å². The molecule has 0 radical (unpaired) electrons. The van der Waals surface area contributed by atoms with Crippen molar-refractivity contribution in [1.29, 1.82) is 0 Å². The first kappa shape index (κ1) is 14.3. The van der Waals surface area contributed by atoms with Crippen molar-refractivity contribution in [3.63, 3.8) is 0 Å². The van der Waals surface area contributed by atoms with Gasteiger partial charge in [-0.1, -0.05) is 6.92 Å². The Labute approximate surface area is 122 Å². The number of aryl methyl sites for hydroxylation is 3. The monoisotopic (exact) mass is 325 g/mol. The zero-order chi connectivity index (χ0) is 14.0. The molecule has 0 unspecified atom stereocenters. The summed E-state index contributed by atoms with van der Waals surface area (Å²) in [6, 6.07) is 2.03. The van der Waals surface area contributed by atoms with Crippen LogP contribution >= 0.6 is 15.9 Å². The zero-order valence-electron chi connectivity index (χ0n) is 11.9. The summed E-state index contributed by atoms with van der Waals surface area (Å²) in [5.74, 6) is 0.991. The van der Waals surface area contributed by atoms with Gasteiger partial charge in [-0.15, -0.1) is 0 Å². The molecule has 0 fully saturated rings. The van der Waals surface area contributed by atoms with Gasteiger partial charge in [0.05, 0.1) is 22.1 Å². The lowest BCUT2D eigenvalue weighted by molar-refractivity contribution is 0.306. The fourth-order valence-electron chi connectivity index (χ4n) is 2.17. The summed E-state index contributed by atoms with van der Waals surface area (Å²) in [6.45, 7) is 5.85. The molecule has 0 aromatic carbocycles. The van der Waals surface area contributed by atoms with Gasteiger partial charge in [-0.3, -0.25) is 9.58 Å². The Bertz CT molecular complexity index is 559. The van der Waals surface area contributed by atoms with Crippen LogP contribution in [0.15, 0.2) is 21.2 Å². The van der Waals surface area contributed by atoms with E-state index in [1.807, 2.05) is 24.7 Å². The van der Waals surface area contributed by atoms with E-state index in [9.17, 15) is 0 Å². The second kappa shape index (κ2) is 5.92. The van der Waals surface area contributed by atoms with Crippen molar-refractivity contribution in [1.82, 2.24) is 14.7 Å². The Morgan fingerprint density at radius 3 is 2.68 bits per heavy atom. The Morgan fingerprint density at radius 1 is 1.42 bits per heavy atom. The molecule has 0 bridgehead atoms. The van der Waals surface area contributed by atoms with E-state index in [0.29, 0.717) is 0 Å². The fraction of sp³-hybridized carbons (Fsp3) is 0.500. The minimum atomic E-state index is 0.856. The van der Waals surface area contributed by atoms with E-state index < -0.39 is 0 Å². The fourth-order valence-corrected chi connectivity index (χ4v) is 2.91. The van der Waals surface area contributed by atoms with E-state index in [1.54, 1.807) is 6.26 Å². The van der Waals surface area contributed by atoms with Crippen LogP contribution in [0.4, 0.5) is 0 Å². The molecule has 4 nitrogen and oxygen atoms in total. The molecule has 0 saturated heterocycles. The van der Waals surface area contributed by atoms with Gasteiger partial charge in [0.2, 0.25) is 0 Å². The molecular weight excluding hydrogens is 306 g/mol. The van der Waals surface area contributed by atoms with Crippen LogP contribution in [-0.2, 0) is 26.6 Å². The minimum absolute atomic E-state index is 0.856. The summed E-state index contributed by atoms with van der Waals surface area (Å²) >= 11 is 3.65. The maximum absolute atomic E-state index is 5.33. The zero-order valence-corrected chi connectivity index (χ0v) is 13.5. The van der Waals surface area contributed by atoms with E-state index in [-0.39, 0.29) is 0 Å². The highest BCUT2D eigenvalue weighted by atomic mass is 79.9. The molecule has 0 aliphatic carbocycles. The van der Waals surface area contributed by atoms with E-state index in [2.05, 4.69) is 39.9 Å². The van der Waals surface area contributed by atoms with Gasteiger partial charge in [0.15, 0.2) is 0 Å². The summed E-state index contributed by atoms with van der Waals surface area (Å²) in [6.07, 6.45) is 2.69. The second-order valence-corrected chi connectivity index (χ2v) is 5.65. The van der Waals surface area contributed by atoms with Crippen LogP contribution in [0.25, 0.3) is 0 Å². The molecule has 0 spiro atoms. The van der Waals surface area contributed by atoms with Crippen molar-refractivity contribution in [3.8, 4) is 0 Å². The Morgan fingerprint density at radius 2 is 2.16 bits per heavy atom. The summed E-state index contributed by atoms with van der Waals surface area (Å²) in [5.41, 5.74) is 3.56. The van der Waals surface area contributed by atoms with Crippen LogP contribution in [0.2, 0.25) is 0 Å². The molecule has 19 heavy (non-hydrogen) atoms. The third kappa shape index (κ3) is 3.09. The third-order valence-electron chi connectivity index (χ3n) is 3.33. The highest BCUT2D eigenvalue weighted by Gasteiger charge is 2.15. The molecule has 0 N–H and O–H groups in total. The normalized spacial score (nSPS) is 11.5. The first-order valence-corrected chi connectivity index (χ1v) is 7.24. The number of hydrogen-bond acceptors (Lipinski definition) is 3. The van der Waals surface area contributed by atoms with Gasteiger partial charge in [0.25, 0.3) is 0 Å². The lowest BCUT2D eigenvalue weighted by Gasteiger charge is -2.16. The lowest BCUT2D eigenvalue weighted by atomic mass is 10.2. The van der Waals surface area contributed by atoms with Crippen molar-refractivity contribution in [2.45, 2.75) is 33.4 Å². The SMILES string of the molecule is CCc1nn(C)c(CN(C)Cc2ccoc2C)c1Br. The first-order chi connectivity index (χ1) is 9.02. The molecule has 2 heterocycles. The van der Waals surface area contributed by atoms with Crippen molar-refractivity contribution >= 4 is 15.9 Å². The quantitative estimate of drug-likeness (QED) is 0.846. The predicted molar refractivity (Wildman–Crippen MR) is 78.9 cm³/mol. The largest absolute Gasteiger partial charge is 0.469 e. The van der Waals surface area contributed by atoms with Crippen molar-refractivity contribution < 1.29 is 4.42 Å². The first-order valence-electron chi connectivity index (χ1n) is 6.44. The molecule has 0 saturated carbocycles. The van der Waals surface area contributed by atoms with Crippen LogP contribution in [0.3, 0.4) is 0 Å². The summed E-state index contributed by atoms with van der Waals surface area (Å²) in [5, 5.41) is 4.52. The Kier molecular flexibility index (Phi) is 4.47. The molecule has 2 aromatic rings. The molecular formula is C14H20BrN3O. The molecule has 2 rings (SSSR count). The van der Waals surface area contributed by atoms with Gasteiger partial charge in [0, 0.05) is 25.7 Å². The van der Waals surface area contributed by atoms with Gasteiger partial charge in [-0.25, -0.2) is 0 Å².